The zero-order valence-corrected chi connectivity index (χ0v) is 19.3. The van der Waals surface area contributed by atoms with Gasteiger partial charge in [0.15, 0.2) is 0 Å². The van der Waals surface area contributed by atoms with Gasteiger partial charge in [0.1, 0.15) is 17.3 Å². The number of pyridine rings is 1. The summed E-state index contributed by atoms with van der Waals surface area (Å²) in [6.07, 6.45) is 2.98. The van der Waals surface area contributed by atoms with E-state index in [0.717, 1.165) is 0 Å². The highest BCUT2D eigenvalue weighted by Gasteiger charge is 2.47. The lowest BCUT2D eigenvalue weighted by molar-refractivity contribution is -0.132. The molecule has 2 heterocycles. The number of carbonyl (C=O) groups excluding carboxylic acids is 2. The van der Waals surface area contributed by atoms with Crippen molar-refractivity contribution in [2.24, 2.45) is 0 Å². The quantitative estimate of drug-likeness (QED) is 0.308. The van der Waals surface area contributed by atoms with E-state index in [9.17, 15) is 14.7 Å². The Balaban J connectivity index is 1.91. The van der Waals surface area contributed by atoms with Crippen molar-refractivity contribution in [1.82, 2.24) is 4.98 Å². The molecule has 34 heavy (non-hydrogen) atoms. The molecule has 0 saturated carbocycles. The van der Waals surface area contributed by atoms with Crippen LogP contribution in [-0.4, -0.2) is 34.5 Å². The van der Waals surface area contributed by atoms with Gasteiger partial charge >= 0.3 is 0 Å². The second-order valence-corrected chi connectivity index (χ2v) is 8.07. The Morgan fingerprint density at radius 2 is 1.74 bits per heavy atom. The average molecular weight is 459 g/mol. The summed E-state index contributed by atoms with van der Waals surface area (Å²) in [7, 11) is 0. The number of hydrogen-bond donors (Lipinski definition) is 1. The highest BCUT2D eigenvalue weighted by Crippen LogP contribution is 2.43. The number of aliphatic hydroxyl groups is 1. The van der Waals surface area contributed by atoms with Crippen molar-refractivity contribution in [3.63, 3.8) is 0 Å². The van der Waals surface area contributed by atoms with Gasteiger partial charge in [0, 0.05) is 29.7 Å². The molecular weight excluding hydrogens is 432 g/mol. The Kier molecular flexibility index (Phi) is 6.63. The van der Waals surface area contributed by atoms with Crippen LogP contribution in [0, 0.1) is 0 Å². The fourth-order valence-electron chi connectivity index (χ4n) is 4.00. The van der Waals surface area contributed by atoms with Crippen LogP contribution in [0.3, 0.4) is 0 Å². The van der Waals surface area contributed by atoms with E-state index in [1.807, 2.05) is 32.9 Å². The highest BCUT2D eigenvalue weighted by atomic mass is 16.5. The van der Waals surface area contributed by atoms with Crippen LogP contribution in [0.1, 0.15) is 37.9 Å². The second-order valence-electron chi connectivity index (χ2n) is 8.07. The summed E-state index contributed by atoms with van der Waals surface area (Å²) in [5, 5.41) is 11.2. The summed E-state index contributed by atoms with van der Waals surface area (Å²) in [6, 6.07) is 16.5. The van der Waals surface area contributed by atoms with Crippen LogP contribution in [0.2, 0.25) is 0 Å². The lowest BCUT2D eigenvalue weighted by Crippen LogP contribution is -2.29. The molecule has 1 N–H and O–H groups in total. The predicted octanol–water partition coefficient (Wildman–Crippen LogP) is 4.89. The highest BCUT2D eigenvalue weighted by molar-refractivity contribution is 6.51. The van der Waals surface area contributed by atoms with E-state index in [4.69, 9.17) is 9.47 Å². The van der Waals surface area contributed by atoms with E-state index >= 15 is 0 Å². The predicted molar refractivity (Wildman–Crippen MR) is 129 cm³/mol. The van der Waals surface area contributed by atoms with Crippen LogP contribution in [-0.2, 0) is 9.59 Å². The Bertz CT molecular complexity index is 1240. The molecule has 1 saturated heterocycles. The van der Waals surface area contributed by atoms with E-state index in [0.29, 0.717) is 34.9 Å². The molecule has 0 bridgehead atoms. The second kappa shape index (κ2) is 9.79. The number of ether oxygens (including phenoxy) is 2. The Labute approximate surface area is 198 Å². The largest absolute Gasteiger partial charge is 0.507 e. The number of Topliss-reactive ketones (excluding diaryl/α,β-unsaturated/α-hetero) is 1. The van der Waals surface area contributed by atoms with Crippen LogP contribution in [0.4, 0.5) is 5.69 Å². The van der Waals surface area contributed by atoms with Gasteiger partial charge in [-0.05, 0) is 62.7 Å². The standard InChI is InChI=1S/C27H26N2O5/c1-4-33-21-9-6-8-20(16-21)29-24(19-7-5-10-22(15-19)34-17(2)3)23(26(31)27(29)32)25(30)18-11-13-28-14-12-18/h5-17,24,30H,4H2,1-3H3/b25-23+. The monoisotopic (exact) mass is 458 g/mol. The first kappa shape index (κ1) is 23.0. The van der Waals surface area contributed by atoms with Crippen molar-refractivity contribution in [3.8, 4) is 11.5 Å². The summed E-state index contributed by atoms with van der Waals surface area (Å²) in [4.78, 5) is 32.0. The maximum absolute atomic E-state index is 13.3. The lowest BCUT2D eigenvalue weighted by atomic mass is 9.95. The number of aromatic nitrogens is 1. The van der Waals surface area contributed by atoms with E-state index in [-0.39, 0.29) is 17.4 Å². The number of ketones is 1. The number of carbonyl (C=O) groups is 2. The molecule has 1 aliphatic heterocycles. The molecule has 1 unspecified atom stereocenters. The molecule has 1 fully saturated rings. The minimum Gasteiger partial charge on any atom is -0.507 e. The Hall–Kier alpha value is -4.13. The molecule has 7 nitrogen and oxygen atoms in total. The normalized spacial score (nSPS) is 17.3. The fraction of sp³-hybridized carbons (Fsp3) is 0.222. The van der Waals surface area contributed by atoms with E-state index < -0.39 is 17.7 Å². The summed E-state index contributed by atoms with van der Waals surface area (Å²) in [5.74, 6) is -0.582. The first-order valence-electron chi connectivity index (χ1n) is 11.1. The summed E-state index contributed by atoms with van der Waals surface area (Å²) >= 11 is 0. The van der Waals surface area contributed by atoms with Crippen molar-refractivity contribution >= 4 is 23.1 Å². The molecule has 0 aliphatic carbocycles. The summed E-state index contributed by atoms with van der Waals surface area (Å²) < 4.78 is 11.4. The van der Waals surface area contributed by atoms with Crippen LogP contribution in [0.5, 0.6) is 11.5 Å². The first-order valence-corrected chi connectivity index (χ1v) is 11.1. The number of aliphatic hydroxyl groups excluding tert-OH is 1. The molecule has 1 atom stereocenters. The van der Waals surface area contributed by atoms with E-state index in [1.54, 1.807) is 48.5 Å². The molecule has 4 rings (SSSR count). The van der Waals surface area contributed by atoms with Crippen molar-refractivity contribution in [3.05, 3.63) is 89.8 Å². The third kappa shape index (κ3) is 4.50. The molecule has 0 spiro atoms. The van der Waals surface area contributed by atoms with Gasteiger partial charge in [0.25, 0.3) is 11.7 Å². The van der Waals surface area contributed by atoms with Crippen molar-refractivity contribution in [1.29, 1.82) is 0 Å². The average Bonchev–Trinajstić information content (AvgIpc) is 3.10. The Morgan fingerprint density at radius 1 is 1.03 bits per heavy atom. The molecule has 174 valence electrons. The third-order valence-corrected chi connectivity index (χ3v) is 5.35. The van der Waals surface area contributed by atoms with Gasteiger partial charge in [-0.3, -0.25) is 19.5 Å². The smallest absolute Gasteiger partial charge is 0.300 e. The molecule has 3 aromatic rings. The molecule has 0 radical (unpaired) electrons. The number of amides is 1. The maximum atomic E-state index is 13.3. The van der Waals surface area contributed by atoms with E-state index in [1.165, 1.54) is 17.3 Å². The van der Waals surface area contributed by atoms with Crippen LogP contribution in [0.25, 0.3) is 5.76 Å². The van der Waals surface area contributed by atoms with Gasteiger partial charge in [-0.1, -0.05) is 18.2 Å². The molecule has 1 aromatic heterocycles. The minimum absolute atomic E-state index is 0.000269. The molecule has 2 aromatic carbocycles. The zero-order valence-electron chi connectivity index (χ0n) is 19.3. The Morgan fingerprint density at radius 3 is 2.44 bits per heavy atom. The van der Waals surface area contributed by atoms with Crippen LogP contribution < -0.4 is 14.4 Å². The van der Waals surface area contributed by atoms with Gasteiger partial charge in [0.2, 0.25) is 0 Å². The van der Waals surface area contributed by atoms with Crippen molar-refractivity contribution < 1.29 is 24.2 Å². The number of anilines is 1. The number of nitrogens with zero attached hydrogens (tertiary/aromatic N) is 2. The molecule has 7 heteroatoms. The maximum Gasteiger partial charge on any atom is 0.300 e. The molecule has 1 aliphatic rings. The minimum atomic E-state index is -0.860. The topological polar surface area (TPSA) is 89.0 Å². The summed E-state index contributed by atoms with van der Waals surface area (Å²) in [5.41, 5.74) is 1.52. The van der Waals surface area contributed by atoms with Gasteiger partial charge in [-0.15, -0.1) is 0 Å². The van der Waals surface area contributed by atoms with Gasteiger partial charge < -0.3 is 14.6 Å². The van der Waals surface area contributed by atoms with Crippen molar-refractivity contribution in [2.75, 3.05) is 11.5 Å². The number of rotatable bonds is 7. The van der Waals surface area contributed by atoms with Gasteiger partial charge in [-0.25, -0.2) is 0 Å². The van der Waals surface area contributed by atoms with Crippen molar-refractivity contribution in [2.45, 2.75) is 32.9 Å². The van der Waals surface area contributed by atoms with E-state index in [2.05, 4.69) is 4.98 Å². The molecule has 1 amide bonds. The zero-order chi connectivity index (χ0) is 24.2. The molecular formula is C27H26N2O5. The van der Waals surface area contributed by atoms with Crippen LogP contribution >= 0.6 is 0 Å². The third-order valence-electron chi connectivity index (χ3n) is 5.35. The number of benzene rings is 2. The number of hydrogen-bond acceptors (Lipinski definition) is 6. The summed E-state index contributed by atoms with van der Waals surface area (Å²) in [6.45, 7) is 6.17. The fourth-order valence-corrected chi connectivity index (χ4v) is 4.00. The van der Waals surface area contributed by atoms with Crippen LogP contribution in [0.15, 0.2) is 78.6 Å². The first-order chi connectivity index (χ1) is 16.4. The lowest BCUT2D eigenvalue weighted by Gasteiger charge is -2.26. The SMILES string of the molecule is CCOc1cccc(N2C(=O)C(=O)/C(=C(/O)c3ccncc3)C2c2cccc(OC(C)C)c2)c1. The van der Waals surface area contributed by atoms with Gasteiger partial charge in [-0.2, -0.15) is 0 Å². The van der Waals surface area contributed by atoms with Gasteiger partial charge in [0.05, 0.1) is 24.3 Å².